The van der Waals surface area contributed by atoms with Crippen LogP contribution in [0.15, 0.2) is 37.1 Å². The first-order valence-corrected chi connectivity index (χ1v) is 6.04. The fourth-order valence-electron chi connectivity index (χ4n) is 0.860. The fraction of sp³-hybridized carbons (Fsp3) is 0.455. The van der Waals surface area contributed by atoms with Gasteiger partial charge in [-0.1, -0.05) is 25.3 Å². The van der Waals surface area contributed by atoms with Gasteiger partial charge in [-0.25, -0.2) is 0 Å². The van der Waals surface area contributed by atoms with Crippen LogP contribution in [0.1, 0.15) is 0 Å². The summed E-state index contributed by atoms with van der Waals surface area (Å²) in [5.41, 5.74) is 0.930. The lowest BCUT2D eigenvalue weighted by Gasteiger charge is -2.22. The van der Waals surface area contributed by atoms with E-state index in [9.17, 15) is 0 Å². The summed E-state index contributed by atoms with van der Waals surface area (Å²) in [5, 5.41) is 1.62. The molecule has 0 heterocycles. The van der Waals surface area contributed by atoms with E-state index in [1.807, 2.05) is 31.1 Å². The molecule has 0 aromatic heterocycles. The Morgan fingerprint density at radius 3 is 2.62 bits per heavy atom. The van der Waals surface area contributed by atoms with Gasteiger partial charge in [0.15, 0.2) is 0 Å². The first-order chi connectivity index (χ1) is 7.61. The average Bonchev–Trinajstić information content (AvgIpc) is 2.30. The summed E-state index contributed by atoms with van der Waals surface area (Å²) in [6.45, 7) is 9.06. The number of hydroxylamine groups is 2. The molecule has 92 valence electrons. The molecule has 5 heteroatoms. The molecule has 4 nitrogen and oxygen atoms in total. The highest BCUT2D eigenvalue weighted by Gasteiger charge is 2.03. The van der Waals surface area contributed by atoms with E-state index in [4.69, 9.17) is 9.32 Å². The molecule has 0 bridgehead atoms. The summed E-state index contributed by atoms with van der Waals surface area (Å²) in [5.74, 6) is 0. The van der Waals surface area contributed by atoms with Crippen molar-refractivity contribution in [2.75, 3.05) is 33.4 Å². The van der Waals surface area contributed by atoms with E-state index in [1.54, 1.807) is 17.4 Å². The summed E-state index contributed by atoms with van der Waals surface area (Å²) in [6.07, 6.45) is 7.28. The third-order valence-corrected chi connectivity index (χ3v) is 2.09. The molecule has 0 aliphatic rings. The van der Waals surface area contributed by atoms with Crippen molar-refractivity contribution in [3.05, 3.63) is 37.1 Å². The van der Waals surface area contributed by atoms with Crippen LogP contribution in [0, 0.1) is 0 Å². The Kier molecular flexibility index (Phi) is 9.03. The van der Waals surface area contributed by atoms with E-state index >= 15 is 0 Å². The number of nitrogens with zero attached hydrogens (tertiary/aromatic N) is 2. The molecule has 0 saturated heterocycles. The Bertz CT molecular complexity index is 244. The van der Waals surface area contributed by atoms with E-state index < -0.39 is 0 Å². The maximum Gasteiger partial charge on any atom is 0.0443 e. The molecule has 0 atom stereocenters. The monoisotopic (exact) mass is 244 g/mol. The summed E-state index contributed by atoms with van der Waals surface area (Å²) in [4.78, 5) is 6.93. The van der Waals surface area contributed by atoms with Crippen LogP contribution >= 0.6 is 12.0 Å². The third-order valence-electron chi connectivity index (χ3n) is 1.89. The topological polar surface area (TPSA) is 24.9 Å². The lowest BCUT2D eigenvalue weighted by atomic mass is 10.3. The highest BCUT2D eigenvalue weighted by molar-refractivity contribution is 7.93. The summed E-state index contributed by atoms with van der Waals surface area (Å²) in [6, 6.07) is 0. The first kappa shape index (κ1) is 15.2. The van der Waals surface area contributed by atoms with Gasteiger partial charge in [0.1, 0.15) is 0 Å². The number of hydrogen-bond donors (Lipinski definition) is 0. The van der Waals surface area contributed by atoms with Crippen molar-refractivity contribution in [1.82, 2.24) is 9.96 Å². The Labute approximate surface area is 102 Å². The van der Waals surface area contributed by atoms with Gasteiger partial charge in [-0.3, -0.25) is 0 Å². The molecule has 0 amide bonds. The normalized spacial score (nSPS) is 11.0. The molecule has 0 saturated carbocycles. The quantitative estimate of drug-likeness (QED) is 0.268. The summed E-state index contributed by atoms with van der Waals surface area (Å²) in [7, 11) is 3.78. The third kappa shape index (κ3) is 7.53. The molecule has 16 heavy (non-hydrogen) atoms. The molecule has 0 radical (unpaired) electrons. The van der Waals surface area contributed by atoms with Crippen molar-refractivity contribution in [1.29, 1.82) is 0 Å². The van der Waals surface area contributed by atoms with Gasteiger partial charge in [0.25, 0.3) is 0 Å². The van der Waals surface area contributed by atoms with Crippen molar-refractivity contribution in [2.24, 2.45) is 0 Å². The molecule has 0 spiro atoms. The van der Waals surface area contributed by atoms with Crippen LogP contribution in [-0.4, -0.2) is 43.4 Å². The van der Waals surface area contributed by atoms with Crippen LogP contribution in [-0.2, 0) is 9.32 Å². The van der Waals surface area contributed by atoms with Gasteiger partial charge in [-0.2, -0.15) is 5.06 Å². The SMILES string of the molecule is C=C/C=C\C(=C)N(C)CCN(C)OOSC. The van der Waals surface area contributed by atoms with Crippen LogP contribution in [0.4, 0.5) is 0 Å². The Hall–Kier alpha value is -0.750. The molecule has 0 aromatic carbocycles. The minimum absolute atomic E-state index is 0.720. The molecular weight excluding hydrogens is 224 g/mol. The largest absolute Gasteiger partial charge is 0.374 e. The molecule has 0 unspecified atom stereocenters. The standard InChI is InChI=1S/C11H20N2O2S/c1-6-7-8-11(2)12(3)9-10-13(4)14-15-16-5/h6-8H,1-2,9-10H2,3-5H3/b8-7-. The maximum absolute atomic E-state index is 4.91. The summed E-state index contributed by atoms with van der Waals surface area (Å²) < 4.78 is 4.73. The second-order valence-corrected chi connectivity index (χ2v) is 3.64. The van der Waals surface area contributed by atoms with Crippen LogP contribution < -0.4 is 0 Å². The maximum atomic E-state index is 4.91. The van der Waals surface area contributed by atoms with E-state index in [1.165, 1.54) is 0 Å². The Morgan fingerprint density at radius 1 is 1.38 bits per heavy atom. The Balaban J connectivity index is 3.78. The minimum atomic E-state index is 0.720. The zero-order valence-electron chi connectivity index (χ0n) is 10.2. The number of hydrogen-bond acceptors (Lipinski definition) is 5. The lowest BCUT2D eigenvalue weighted by Crippen LogP contribution is -2.29. The highest BCUT2D eigenvalue weighted by Crippen LogP contribution is 2.02. The van der Waals surface area contributed by atoms with Crippen molar-refractivity contribution in [3.8, 4) is 0 Å². The van der Waals surface area contributed by atoms with Gasteiger partial charge >= 0.3 is 0 Å². The Morgan fingerprint density at radius 2 is 2.06 bits per heavy atom. The van der Waals surface area contributed by atoms with E-state index in [2.05, 4.69) is 13.2 Å². The predicted molar refractivity (Wildman–Crippen MR) is 69.4 cm³/mol. The zero-order chi connectivity index (χ0) is 12.4. The summed E-state index contributed by atoms with van der Waals surface area (Å²) >= 11 is 1.16. The van der Waals surface area contributed by atoms with Gasteiger partial charge in [0.2, 0.25) is 0 Å². The van der Waals surface area contributed by atoms with Crippen molar-refractivity contribution < 1.29 is 9.32 Å². The lowest BCUT2D eigenvalue weighted by molar-refractivity contribution is -0.349. The number of likely N-dealkylation sites (N-methyl/N-ethyl adjacent to an activating group) is 2. The molecule has 0 rings (SSSR count). The first-order valence-electron chi connectivity index (χ1n) is 4.89. The van der Waals surface area contributed by atoms with E-state index in [-0.39, 0.29) is 0 Å². The van der Waals surface area contributed by atoms with Gasteiger partial charge in [0, 0.05) is 51.2 Å². The van der Waals surface area contributed by atoms with Gasteiger partial charge in [-0.15, -0.1) is 9.32 Å². The van der Waals surface area contributed by atoms with E-state index in [0.717, 1.165) is 30.8 Å². The molecule has 0 aromatic rings. The molecule has 0 N–H and O–H groups in total. The zero-order valence-corrected chi connectivity index (χ0v) is 11.0. The molecule has 0 aliphatic carbocycles. The second-order valence-electron chi connectivity index (χ2n) is 3.17. The smallest absolute Gasteiger partial charge is 0.0443 e. The molecule has 0 fully saturated rings. The van der Waals surface area contributed by atoms with Crippen molar-refractivity contribution >= 4 is 12.0 Å². The van der Waals surface area contributed by atoms with Crippen molar-refractivity contribution in [3.63, 3.8) is 0 Å². The molecular formula is C11H20N2O2S. The van der Waals surface area contributed by atoms with Gasteiger partial charge < -0.3 is 4.90 Å². The van der Waals surface area contributed by atoms with Crippen LogP contribution in [0.2, 0.25) is 0 Å². The van der Waals surface area contributed by atoms with Gasteiger partial charge in [-0.05, 0) is 6.08 Å². The van der Waals surface area contributed by atoms with E-state index in [0.29, 0.717) is 0 Å². The number of allylic oxidation sites excluding steroid dienone is 3. The van der Waals surface area contributed by atoms with Gasteiger partial charge in [0.05, 0.1) is 0 Å². The predicted octanol–water partition coefficient (Wildman–Crippen LogP) is 2.25. The van der Waals surface area contributed by atoms with Crippen LogP contribution in [0.5, 0.6) is 0 Å². The van der Waals surface area contributed by atoms with Crippen LogP contribution in [0.25, 0.3) is 0 Å². The highest BCUT2D eigenvalue weighted by atomic mass is 32.2. The molecule has 0 aliphatic heterocycles. The average molecular weight is 244 g/mol. The van der Waals surface area contributed by atoms with Crippen molar-refractivity contribution in [2.45, 2.75) is 0 Å². The second kappa shape index (κ2) is 9.47. The number of rotatable bonds is 9. The fourth-order valence-corrected chi connectivity index (χ4v) is 1.03. The minimum Gasteiger partial charge on any atom is -0.374 e. The van der Waals surface area contributed by atoms with Crippen LogP contribution in [0.3, 0.4) is 0 Å².